The molecule has 2 N–H and O–H groups in total. The van der Waals surface area contributed by atoms with Gasteiger partial charge in [0.2, 0.25) is 0 Å². The number of thiocarbonyl (C=S) groups is 1. The van der Waals surface area contributed by atoms with Crippen LogP contribution in [0.4, 0.5) is 4.39 Å². The molecule has 2 aromatic rings. The molecule has 0 spiro atoms. The molecule has 3 rings (SSSR count). The Bertz CT molecular complexity index is 675. The van der Waals surface area contributed by atoms with Crippen LogP contribution in [-0.4, -0.2) is 36.7 Å². The minimum absolute atomic E-state index is 0.215. The van der Waals surface area contributed by atoms with Crippen LogP contribution in [0.15, 0.2) is 54.6 Å². The first-order valence-electron chi connectivity index (χ1n) is 8.28. The van der Waals surface area contributed by atoms with Gasteiger partial charge >= 0.3 is 0 Å². The molecule has 0 amide bonds. The van der Waals surface area contributed by atoms with E-state index in [1.54, 1.807) is 12.1 Å². The topological polar surface area (TPSA) is 19.7 Å². The maximum absolute atomic E-state index is 13.0. The standard InChI is InChI=1S/C19H22FN3S/c1-22-11-12-23(18(14-22)16-5-3-2-4-6-16)19(24)21-13-15-7-9-17(20)10-8-15/h2-10,18H,11-14H2,1H3,(H,21,24)/p+1/t18-/m0/s1. The predicted octanol–water partition coefficient (Wildman–Crippen LogP) is 1.77. The van der Waals surface area contributed by atoms with E-state index >= 15 is 0 Å². The number of nitrogens with one attached hydrogen (secondary N) is 2. The highest BCUT2D eigenvalue weighted by Gasteiger charge is 2.30. The van der Waals surface area contributed by atoms with Crippen molar-refractivity contribution in [2.45, 2.75) is 12.6 Å². The second-order valence-electron chi connectivity index (χ2n) is 6.32. The Balaban J connectivity index is 1.68. The van der Waals surface area contributed by atoms with Crippen molar-refractivity contribution in [2.75, 3.05) is 26.7 Å². The zero-order valence-electron chi connectivity index (χ0n) is 13.8. The predicted molar refractivity (Wildman–Crippen MR) is 98.3 cm³/mol. The summed E-state index contributed by atoms with van der Waals surface area (Å²) in [5.41, 5.74) is 2.32. The SMILES string of the molecule is C[NH+]1CCN(C(=S)NCc2ccc(F)cc2)[C@H](c2ccccc2)C1. The van der Waals surface area contributed by atoms with E-state index in [1.807, 2.05) is 6.07 Å². The first kappa shape index (κ1) is 16.9. The summed E-state index contributed by atoms with van der Waals surface area (Å²) in [4.78, 5) is 3.79. The fourth-order valence-electron chi connectivity index (χ4n) is 3.11. The van der Waals surface area contributed by atoms with E-state index in [0.717, 1.165) is 30.3 Å². The summed E-state index contributed by atoms with van der Waals surface area (Å²) in [5, 5.41) is 4.09. The van der Waals surface area contributed by atoms with E-state index in [0.29, 0.717) is 6.54 Å². The number of piperazine rings is 1. The molecule has 0 aliphatic carbocycles. The van der Waals surface area contributed by atoms with E-state index in [9.17, 15) is 4.39 Å². The second kappa shape index (κ2) is 7.73. The van der Waals surface area contributed by atoms with Crippen LogP contribution in [0, 0.1) is 5.82 Å². The number of likely N-dealkylation sites (N-methyl/N-ethyl adjacent to an activating group) is 1. The van der Waals surface area contributed by atoms with E-state index < -0.39 is 0 Å². The number of quaternary nitrogens is 1. The zero-order chi connectivity index (χ0) is 16.9. The van der Waals surface area contributed by atoms with E-state index in [2.05, 4.69) is 41.5 Å². The highest BCUT2D eigenvalue weighted by molar-refractivity contribution is 7.80. The van der Waals surface area contributed by atoms with Crippen molar-refractivity contribution >= 4 is 17.3 Å². The molecule has 2 aromatic carbocycles. The average Bonchev–Trinajstić information content (AvgIpc) is 2.61. The van der Waals surface area contributed by atoms with Gasteiger partial charge in [-0.25, -0.2) is 4.39 Å². The van der Waals surface area contributed by atoms with Gasteiger partial charge in [0.15, 0.2) is 5.11 Å². The van der Waals surface area contributed by atoms with Crippen LogP contribution in [0.25, 0.3) is 0 Å². The third-order valence-electron chi connectivity index (χ3n) is 4.50. The summed E-state index contributed by atoms with van der Waals surface area (Å²) in [5.74, 6) is -0.215. The number of hydrogen-bond acceptors (Lipinski definition) is 1. The third-order valence-corrected chi connectivity index (χ3v) is 4.88. The molecule has 1 aliphatic heterocycles. The van der Waals surface area contributed by atoms with Crippen LogP contribution in [0.2, 0.25) is 0 Å². The summed E-state index contributed by atoms with van der Waals surface area (Å²) in [6, 6.07) is 17.3. The van der Waals surface area contributed by atoms with Gasteiger partial charge in [0.25, 0.3) is 0 Å². The highest BCUT2D eigenvalue weighted by Crippen LogP contribution is 2.20. The molecule has 1 heterocycles. The summed E-state index contributed by atoms with van der Waals surface area (Å²) < 4.78 is 13.0. The largest absolute Gasteiger partial charge is 0.358 e. The second-order valence-corrected chi connectivity index (χ2v) is 6.70. The molecule has 1 aliphatic rings. The third kappa shape index (κ3) is 4.10. The molecule has 1 saturated heterocycles. The molecule has 0 radical (unpaired) electrons. The molecule has 0 aromatic heterocycles. The lowest BCUT2D eigenvalue weighted by Crippen LogP contribution is -3.12. The lowest BCUT2D eigenvalue weighted by atomic mass is 10.0. The summed E-state index contributed by atoms with van der Waals surface area (Å²) in [6.07, 6.45) is 0. The van der Waals surface area contributed by atoms with Gasteiger partial charge < -0.3 is 15.1 Å². The van der Waals surface area contributed by atoms with E-state index in [4.69, 9.17) is 12.2 Å². The summed E-state index contributed by atoms with van der Waals surface area (Å²) in [6.45, 7) is 3.64. The van der Waals surface area contributed by atoms with Crippen molar-refractivity contribution in [3.05, 3.63) is 71.5 Å². The van der Waals surface area contributed by atoms with Crippen LogP contribution in [-0.2, 0) is 6.54 Å². The lowest BCUT2D eigenvalue weighted by molar-refractivity contribution is -0.887. The van der Waals surface area contributed by atoms with Gasteiger partial charge in [-0.2, -0.15) is 0 Å². The molecule has 2 atom stereocenters. The first-order chi connectivity index (χ1) is 11.6. The Labute approximate surface area is 148 Å². The first-order valence-corrected chi connectivity index (χ1v) is 8.69. The summed E-state index contributed by atoms with van der Waals surface area (Å²) in [7, 11) is 2.22. The molecule has 0 bridgehead atoms. The Morgan fingerprint density at radius 2 is 1.92 bits per heavy atom. The van der Waals surface area contributed by atoms with Crippen molar-refractivity contribution in [2.24, 2.45) is 0 Å². The van der Waals surface area contributed by atoms with Gasteiger partial charge in [-0.15, -0.1) is 0 Å². The van der Waals surface area contributed by atoms with Gasteiger partial charge in [-0.1, -0.05) is 42.5 Å². The van der Waals surface area contributed by atoms with E-state index in [1.165, 1.54) is 22.6 Å². The van der Waals surface area contributed by atoms with Crippen LogP contribution in [0.3, 0.4) is 0 Å². The smallest absolute Gasteiger partial charge is 0.170 e. The minimum Gasteiger partial charge on any atom is -0.358 e. The van der Waals surface area contributed by atoms with Crippen molar-refractivity contribution in [3.63, 3.8) is 0 Å². The average molecular weight is 344 g/mol. The van der Waals surface area contributed by atoms with Crippen LogP contribution in [0.5, 0.6) is 0 Å². The Kier molecular flexibility index (Phi) is 5.43. The van der Waals surface area contributed by atoms with Crippen LogP contribution >= 0.6 is 12.2 Å². The van der Waals surface area contributed by atoms with Crippen LogP contribution < -0.4 is 10.2 Å². The van der Waals surface area contributed by atoms with Crippen molar-refractivity contribution in [3.8, 4) is 0 Å². The molecule has 1 unspecified atom stereocenters. The van der Waals surface area contributed by atoms with Crippen molar-refractivity contribution in [1.82, 2.24) is 10.2 Å². The molecule has 0 saturated carbocycles. The van der Waals surface area contributed by atoms with Gasteiger partial charge in [0.05, 0.1) is 20.1 Å². The number of hydrogen-bond donors (Lipinski definition) is 2. The molecular weight excluding hydrogens is 321 g/mol. The monoisotopic (exact) mass is 344 g/mol. The number of benzene rings is 2. The van der Waals surface area contributed by atoms with Gasteiger partial charge in [0.1, 0.15) is 18.4 Å². The Morgan fingerprint density at radius 1 is 1.21 bits per heavy atom. The fraction of sp³-hybridized carbons (Fsp3) is 0.316. The minimum atomic E-state index is -0.215. The molecule has 1 fully saturated rings. The molecule has 5 heteroatoms. The number of halogens is 1. The number of nitrogens with zero attached hydrogens (tertiary/aromatic N) is 1. The normalized spacial score (nSPS) is 20.7. The molecule has 3 nitrogen and oxygen atoms in total. The quantitative estimate of drug-likeness (QED) is 0.828. The van der Waals surface area contributed by atoms with Crippen molar-refractivity contribution < 1.29 is 9.29 Å². The lowest BCUT2D eigenvalue weighted by Gasteiger charge is -2.39. The van der Waals surface area contributed by atoms with Gasteiger partial charge in [0, 0.05) is 6.54 Å². The fourth-order valence-corrected chi connectivity index (χ4v) is 3.40. The van der Waals surface area contributed by atoms with Crippen LogP contribution in [0.1, 0.15) is 17.2 Å². The maximum atomic E-state index is 13.0. The van der Waals surface area contributed by atoms with E-state index in [-0.39, 0.29) is 11.9 Å². The molecule has 126 valence electrons. The van der Waals surface area contributed by atoms with Crippen molar-refractivity contribution in [1.29, 1.82) is 0 Å². The highest BCUT2D eigenvalue weighted by atomic mass is 32.1. The Morgan fingerprint density at radius 3 is 2.62 bits per heavy atom. The number of rotatable bonds is 3. The summed E-state index contributed by atoms with van der Waals surface area (Å²) >= 11 is 5.65. The Hall–Kier alpha value is -1.98. The zero-order valence-corrected chi connectivity index (χ0v) is 14.7. The molecule has 24 heavy (non-hydrogen) atoms. The van der Waals surface area contributed by atoms with Gasteiger partial charge in [-0.3, -0.25) is 0 Å². The maximum Gasteiger partial charge on any atom is 0.170 e. The molecular formula is C19H23FN3S+. The van der Waals surface area contributed by atoms with Gasteiger partial charge in [-0.05, 0) is 35.5 Å².